The Bertz CT molecular complexity index is 745. The third-order valence-corrected chi connectivity index (χ3v) is 4.68. The Kier molecular flexibility index (Phi) is 5.06. The maximum Gasteiger partial charge on any atom is 0.216 e. The van der Waals surface area contributed by atoms with Crippen LogP contribution in [0, 0.1) is 19.7 Å². The van der Waals surface area contributed by atoms with E-state index in [2.05, 4.69) is 20.6 Å². The van der Waals surface area contributed by atoms with Crippen molar-refractivity contribution in [2.45, 2.75) is 45.6 Å². The molecule has 0 radical (unpaired) electrons. The molecule has 25 heavy (non-hydrogen) atoms. The van der Waals surface area contributed by atoms with E-state index in [1.165, 1.54) is 6.07 Å². The lowest BCUT2D eigenvalue weighted by Crippen LogP contribution is -2.41. The summed E-state index contributed by atoms with van der Waals surface area (Å²) in [6, 6.07) is 7.04. The Morgan fingerprint density at radius 2 is 2.04 bits per heavy atom. The van der Waals surface area contributed by atoms with Crippen LogP contribution >= 0.6 is 0 Å². The van der Waals surface area contributed by atoms with Gasteiger partial charge in [0.05, 0.1) is 5.69 Å². The monoisotopic (exact) mass is 344 g/mol. The van der Waals surface area contributed by atoms with Crippen molar-refractivity contribution < 1.29 is 8.81 Å². The molecule has 1 saturated carbocycles. The highest BCUT2D eigenvalue weighted by molar-refractivity contribution is 5.79. The van der Waals surface area contributed by atoms with Gasteiger partial charge >= 0.3 is 0 Å². The van der Waals surface area contributed by atoms with E-state index in [9.17, 15) is 4.39 Å². The molecule has 2 N–H and O–H groups in total. The predicted molar refractivity (Wildman–Crippen MR) is 96.1 cm³/mol. The molecule has 1 aromatic carbocycles. The first-order chi connectivity index (χ1) is 12.0. The zero-order valence-corrected chi connectivity index (χ0v) is 15.0. The Balaban J connectivity index is 1.66. The molecule has 0 amide bonds. The van der Waals surface area contributed by atoms with Crippen LogP contribution in [-0.2, 0) is 12.0 Å². The third-order valence-electron chi connectivity index (χ3n) is 4.68. The van der Waals surface area contributed by atoms with Crippen LogP contribution in [0.4, 0.5) is 4.39 Å². The van der Waals surface area contributed by atoms with E-state index >= 15 is 0 Å². The molecule has 2 aromatic rings. The van der Waals surface area contributed by atoms with Gasteiger partial charge < -0.3 is 15.1 Å². The van der Waals surface area contributed by atoms with Crippen LogP contribution < -0.4 is 10.6 Å². The number of rotatable bonds is 6. The van der Waals surface area contributed by atoms with Gasteiger partial charge in [0.25, 0.3) is 0 Å². The summed E-state index contributed by atoms with van der Waals surface area (Å²) in [6.07, 6.45) is 1.97. The molecule has 1 aliphatic rings. The predicted octanol–water partition coefficient (Wildman–Crippen LogP) is 3.22. The van der Waals surface area contributed by atoms with Crippen LogP contribution in [-0.4, -0.2) is 24.0 Å². The first-order valence-corrected chi connectivity index (χ1v) is 8.74. The van der Waals surface area contributed by atoms with Gasteiger partial charge in [-0.3, -0.25) is 0 Å². The van der Waals surface area contributed by atoms with E-state index in [0.29, 0.717) is 24.9 Å². The summed E-state index contributed by atoms with van der Waals surface area (Å²) in [5.74, 6) is 1.98. The molecule has 1 aromatic heterocycles. The quantitative estimate of drug-likeness (QED) is 0.624. The van der Waals surface area contributed by atoms with Crippen LogP contribution in [0.15, 0.2) is 33.7 Å². The van der Waals surface area contributed by atoms with Gasteiger partial charge in [-0.25, -0.2) is 14.4 Å². The second-order valence-electron chi connectivity index (χ2n) is 6.56. The number of guanidine groups is 1. The molecule has 0 unspecified atom stereocenters. The van der Waals surface area contributed by atoms with E-state index in [0.717, 1.165) is 36.4 Å². The van der Waals surface area contributed by atoms with Crippen LogP contribution in [0.5, 0.6) is 0 Å². The van der Waals surface area contributed by atoms with Crippen LogP contribution in [0.3, 0.4) is 0 Å². The number of oxazole rings is 1. The third kappa shape index (κ3) is 4.00. The highest BCUT2D eigenvalue weighted by Gasteiger charge is 2.45. The second kappa shape index (κ2) is 7.25. The molecule has 6 heteroatoms. The fourth-order valence-electron chi connectivity index (χ4n) is 2.93. The van der Waals surface area contributed by atoms with Gasteiger partial charge in [0, 0.05) is 18.5 Å². The number of aliphatic imine (C=N–C) groups is 1. The molecule has 0 spiro atoms. The average Bonchev–Trinajstić information content (AvgIpc) is 3.31. The number of halogens is 1. The van der Waals surface area contributed by atoms with Gasteiger partial charge in [0.15, 0.2) is 5.96 Å². The summed E-state index contributed by atoms with van der Waals surface area (Å²) in [5.41, 5.74) is 1.55. The van der Waals surface area contributed by atoms with E-state index in [1.807, 2.05) is 32.9 Å². The average molecular weight is 344 g/mol. The van der Waals surface area contributed by atoms with Crippen LogP contribution in [0.25, 0.3) is 0 Å². The lowest BCUT2D eigenvalue weighted by Gasteiger charge is -2.19. The minimum absolute atomic E-state index is 0.127. The maximum absolute atomic E-state index is 14.1. The SMILES string of the molecule is CCNC(=NCc1nc(C)c(C)o1)NCC1(c2ccccc2F)CC1. The normalized spacial score (nSPS) is 15.9. The van der Waals surface area contributed by atoms with Gasteiger partial charge in [0.1, 0.15) is 18.1 Å². The highest BCUT2D eigenvalue weighted by atomic mass is 19.1. The molecular formula is C19H25FN4O. The van der Waals surface area contributed by atoms with Crippen LogP contribution in [0.2, 0.25) is 0 Å². The summed E-state index contributed by atoms with van der Waals surface area (Å²) in [5, 5.41) is 6.56. The molecule has 0 atom stereocenters. The number of nitrogens with zero attached hydrogens (tertiary/aromatic N) is 2. The van der Waals surface area contributed by atoms with Crippen molar-refractivity contribution >= 4 is 5.96 Å². The topological polar surface area (TPSA) is 62.5 Å². The molecule has 1 heterocycles. The van der Waals surface area contributed by atoms with Gasteiger partial charge in [-0.2, -0.15) is 0 Å². The maximum atomic E-state index is 14.1. The number of hydrogen-bond acceptors (Lipinski definition) is 3. The van der Waals surface area contributed by atoms with Crippen molar-refractivity contribution in [1.29, 1.82) is 0 Å². The minimum atomic E-state index is -0.130. The van der Waals surface area contributed by atoms with Crippen molar-refractivity contribution in [3.8, 4) is 0 Å². The number of aryl methyl sites for hydroxylation is 2. The van der Waals surface area contributed by atoms with E-state index in [1.54, 1.807) is 6.07 Å². The summed E-state index contributed by atoms with van der Waals surface area (Å²) >= 11 is 0. The van der Waals surface area contributed by atoms with Crippen molar-refractivity contribution in [2.75, 3.05) is 13.1 Å². The van der Waals surface area contributed by atoms with E-state index in [-0.39, 0.29) is 11.2 Å². The number of nitrogens with one attached hydrogen (secondary N) is 2. The van der Waals surface area contributed by atoms with E-state index in [4.69, 9.17) is 4.42 Å². The molecule has 3 rings (SSSR count). The van der Waals surface area contributed by atoms with Crippen molar-refractivity contribution in [1.82, 2.24) is 15.6 Å². The zero-order chi connectivity index (χ0) is 17.9. The highest BCUT2D eigenvalue weighted by Crippen LogP contribution is 2.48. The van der Waals surface area contributed by atoms with Crippen molar-refractivity contribution in [2.24, 2.45) is 4.99 Å². The zero-order valence-electron chi connectivity index (χ0n) is 15.0. The molecular weight excluding hydrogens is 319 g/mol. The first-order valence-electron chi connectivity index (χ1n) is 8.74. The molecule has 134 valence electrons. The number of hydrogen-bond donors (Lipinski definition) is 2. The molecule has 0 aliphatic heterocycles. The Morgan fingerprint density at radius 1 is 1.28 bits per heavy atom. The second-order valence-corrected chi connectivity index (χ2v) is 6.56. The standard InChI is InChI=1S/C19H25FN4O/c1-4-21-18(22-11-17-24-13(2)14(3)25-17)23-12-19(9-10-19)15-7-5-6-8-16(15)20/h5-8H,4,9-12H2,1-3H3,(H2,21,22,23). The Morgan fingerprint density at radius 3 is 2.64 bits per heavy atom. The molecule has 0 bridgehead atoms. The largest absolute Gasteiger partial charge is 0.444 e. The van der Waals surface area contributed by atoms with Crippen molar-refractivity contribution in [3.63, 3.8) is 0 Å². The summed E-state index contributed by atoms with van der Waals surface area (Å²) < 4.78 is 19.7. The van der Waals surface area contributed by atoms with Gasteiger partial charge in [-0.15, -0.1) is 0 Å². The van der Waals surface area contributed by atoms with Crippen molar-refractivity contribution in [3.05, 3.63) is 53.0 Å². The Hall–Kier alpha value is -2.37. The molecule has 1 aliphatic carbocycles. The summed E-state index contributed by atoms with van der Waals surface area (Å²) in [7, 11) is 0. The van der Waals surface area contributed by atoms with Gasteiger partial charge in [-0.1, -0.05) is 18.2 Å². The summed E-state index contributed by atoms with van der Waals surface area (Å²) in [6.45, 7) is 7.60. The Labute approximate surface area is 147 Å². The molecule has 0 saturated heterocycles. The van der Waals surface area contributed by atoms with E-state index < -0.39 is 0 Å². The van der Waals surface area contributed by atoms with Gasteiger partial charge in [-0.05, 0) is 45.2 Å². The summed E-state index contributed by atoms with van der Waals surface area (Å²) in [4.78, 5) is 8.87. The minimum Gasteiger partial charge on any atom is -0.444 e. The smallest absolute Gasteiger partial charge is 0.216 e. The molecule has 5 nitrogen and oxygen atoms in total. The lowest BCUT2D eigenvalue weighted by molar-refractivity contribution is 0.472. The van der Waals surface area contributed by atoms with Crippen LogP contribution in [0.1, 0.15) is 42.7 Å². The van der Waals surface area contributed by atoms with Gasteiger partial charge in [0.2, 0.25) is 5.89 Å². The number of aromatic nitrogens is 1. The first kappa shape index (κ1) is 17.5. The molecule has 1 fully saturated rings. The number of benzene rings is 1. The lowest BCUT2D eigenvalue weighted by atomic mass is 9.95. The fraction of sp³-hybridized carbons (Fsp3) is 0.474. The fourth-order valence-corrected chi connectivity index (χ4v) is 2.93.